The number of nitrogens with zero attached hydrogens (tertiary/aromatic N) is 2. The molecule has 2 aromatic rings. The number of benzene rings is 1. The molecule has 0 fully saturated rings. The van der Waals surface area contributed by atoms with Gasteiger partial charge in [0, 0.05) is 12.2 Å². The van der Waals surface area contributed by atoms with E-state index in [1.807, 2.05) is 0 Å². The molecule has 122 valence electrons. The molecule has 0 aliphatic rings. The van der Waals surface area contributed by atoms with Gasteiger partial charge in [0.25, 0.3) is 0 Å². The molecular weight excluding hydrogens is 282 g/mol. The monoisotopic (exact) mass is 307 g/mol. The predicted octanol–water partition coefficient (Wildman–Crippen LogP) is 1.32. The Kier molecular flexibility index (Phi) is 4.10. The van der Waals surface area contributed by atoms with E-state index < -0.39 is 11.2 Å². The minimum absolute atomic E-state index is 0.196. The van der Waals surface area contributed by atoms with E-state index in [-0.39, 0.29) is 12.2 Å². The summed E-state index contributed by atoms with van der Waals surface area (Å²) in [7, 11) is 0. The normalized spacial score (nSPS) is 13.0. The second-order valence-electron chi connectivity index (χ2n) is 7.14. The number of rotatable bonds is 5. The molecule has 0 saturated carbocycles. The molecule has 0 saturated heterocycles. The van der Waals surface area contributed by atoms with Crippen LogP contribution in [0.25, 0.3) is 11.0 Å². The Morgan fingerprint density at radius 3 is 2.23 bits per heavy atom. The van der Waals surface area contributed by atoms with Gasteiger partial charge in [0.05, 0.1) is 28.8 Å². The topological polar surface area (TPSA) is 93.4 Å². The average molecular weight is 307 g/mol. The zero-order chi connectivity index (χ0) is 16.7. The lowest BCUT2D eigenvalue weighted by Crippen LogP contribution is -2.34. The lowest BCUT2D eigenvalue weighted by molar-refractivity contribution is 0.0596. The molecule has 1 aromatic carbocycles. The van der Waals surface area contributed by atoms with E-state index in [4.69, 9.17) is 5.73 Å². The van der Waals surface area contributed by atoms with Gasteiger partial charge in [-0.1, -0.05) is 0 Å². The number of hydrogen-bond donors (Lipinski definition) is 3. The largest absolute Gasteiger partial charge is 0.399 e. The molecule has 0 aliphatic carbocycles. The maximum absolute atomic E-state index is 12.7. The van der Waals surface area contributed by atoms with Gasteiger partial charge in [-0.15, -0.1) is 0 Å². The Hall–Kier alpha value is -1.79. The van der Waals surface area contributed by atoms with Crippen molar-refractivity contribution >= 4 is 16.7 Å². The van der Waals surface area contributed by atoms with Gasteiger partial charge < -0.3 is 15.9 Å². The van der Waals surface area contributed by atoms with Crippen LogP contribution in [0.15, 0.2) is 23.0 Å². The van der Waals surface area contributed by atoms with Crippen LogP contribution in [-0.2, 0) is 13.1 Å². The van der Waals surface area contributed by atoms with E-state index in [2.05, 4.69) is 0 Å². The summed E-state index contributed by atoms with van der Waals surface area (Å²) in [5, 5.41) is 19.9. The van der Waals surface area contributed by atoms with Crippen molar-refractivity contribution in [1.29, 1.82) is 0 Å². The zero-order valence-corrected chi connectivity index (χ0v) is 13.6. The van der Waals surface area contributed by atoms with Crippen molar-refractivity contribution in [2.75, 3.05) is 5.73 Å². The highest BCUT2D eigenvalue weighted by Crippen LogP contribution is 2.20. The molecule has 0 unspecified atom stereocenters. The number of aromatic nitrogens is 2. The van der Waals surface area contributed by atoms with Crippen LogP contribution in [0.5, 0.6) is 0 Å². The fourth-order valence-corrected chi connectivity index (χ4v) is 2.48. The van der Waals surface area contributed by atoms with E-state index in [9.17, 15) is 15.0 Å². The third-order valence-corrected chi connectivity index (χ3v) is 3.54. The van der Waals surface area contributed by atoms with Crippen LogP contribution in [0.2, 0.25) is 0 Å². The lowest BCUT2D eigenvalue weighted by atomic mass is 10.1. The summed E-state index contributed by atoms with van der Waals surface area (Å²) in [4.78, 5) is 12.7. The van der Waals surface area contributed by atoms with Crippen molar-refractivity contribution in [2.24, 2.45) is 0 Å². The standard InChI is InChI=1S/C16H25N3O3/c1-15(2,21)7-8-18-13-9-11(17)5-6-12(13)19(14(18)20)10-16(3,4)22/h5-6,9,21-22H,7-8,10,17H2,1-4H3. The smallest absolute Gasteiger partial charge is 0.329 e. The molecule has 1 aromatic heterocycles. The molecule has 6 heteroatoms. The molecule has 22 heavy (non-hydrogen) atoms. The Morgan fingerprint density at radius 2 is 1.68 bits per heavy atom. The first-order valence-corrected chi connectivity index (χ1v) is 7.41. The van der Waals surface area contributed by atoms with Crippen LogP contribution in [-0.4, -0.2) is 30.5 Å². The maximum Gasteiger partial charge on any atom is 0.329 e. The van der Waals surface area contributed by atoms with E-state index in [1.165, 1.54) is 0 Å². The summed E-state index contributed by atoms with van der Waals surface area (Å²) in [6, 6.07) is 5.28. The fourth-order valence-electron chi connectivity index (χ4n) is 2.48. The van der Waals surface area contributed by atoms with Gasteiger partial charge >= 0.3 is 5.69 Å². The molecule has 6 nitrogen and oxygen atoms in total. The second-order valence-corrected chi connectivity index (χ2v) is 7.14. The summed E-state index contributed by atoms with van der Waals surface area (Å²) in [6.07, 6.45) is 0.448. The van der Waals surface area contributed by atoms with E-state index >= 15 is 0 Å². The lowest BCUT2D eigenvalue weighted by Gasteiger charge is -2.18. The van der Waals surface area contributed by atoms with Crippen LogP contribution in [0.4, 0.5) is 5.69 Å². The van der Waals surface area contributed by atoms with Gasteiger partial charge in [-0.2, -0.15) is 0 Å². The molecule has 0 spiro atoms. The van der Waals surface area contributed by atoms with Crippen molar-refractivity contribution < 1.29 is 10.2 Å². The Bertz CT molecular complexity index is 730. The van der Waals surface area contributed by atoms with Gasteiger partial charge in [0.2, 0.25) is 0 Å². The quantitative estimate of drug-likeness (QED) is 0.726. The molecule has 2 rings (SSSR count). The van der Waals surface area contributed by atoms with Crippen molar-refractivity contribution in [2.45, 2.75) is 58.4 Å². The number of aryl methyl sites for hydroxylation is 1. The molecule has 0 radical (unpaired) electrons. The summed E-state index contributed by atoms with van der Waals surface area (Å²) >= 11 is 0. The van der Waals surface area contributed by atoms with E-state index in [1.54, 1.807) is 55.0 Å². The minimum atomic E-state index is -0.999. The molecule has 0 atom stereocenters. The summed E-state index contributed by atoms with van der Waals surface area (Å²) < 4.78 is 3.16. The minimum Gasteiger partial charge on any atom is -0.399 e. The second kappa shape index (κ2) is 5.44. The predicted molar refractivity (Wildman–Crippen MR) is 87.8 cm³/mol. The summed E-state index contributed by atoms with van der Waals surface area (Å²) in [6.45, 7) is 7.33. The molecule has 0 aliphatic heterocycles. The number of anilines is 1. The molecule has 0 bridgehead atoms. The first-order chi connectivity index (χ1) is 9.98. The number of hydrogen-bond acceptors (Lipinski definition) is 4. The average Bonchev–Trinajstić information content (AvgIpc) is 2.57. The van der Waals surface area contributed by atoms with Crippen molar-refractivity contribution in [3.05, 3.63) is 28.7 Å². The molecule has 4 N–H and O–H groups in total. The summed E-state index contributed by atoms with van der Waals surface area (Å²) in [5.74, 6) is 0. The number of nitrogens with two attached hydrogens (primary N) is 1. The zero-order valence-electron chi connectivity index (χ0n) is 13.6. The van der Waals surface area contributed by atoms with Crippen LogP contribution < -0.4 is 11.4 Å². The van der Waals surface area contributed by atoms with Gasteiger partial charge in [-0.05, 0) is 52.3 Å². The number of nitrogen functional groups attached to an aromatic ring is 1. The van der Waals surface area contributed by atoms with Crippen LogP contribution in [0, 0.1) is 0 Å². The van der Waals surface area contributed by atoms with Gasteiger partial charge in [-0.3, -0.25) is 9.13 Å². The van der Waals surface area contributed by atoms with Crippen molar-refractivity contribution in [1.82, 2.24) is 9.13 Å². The Labute approximate surface area is 129 Å². The maximum atomic E-state index is 12.7. The van der Waals surface area contributed by atoms with Crippen LogP contribution in [0.3, 0.4) is 0 Å². The highest BCUT2D eigenvalue weighted by atomic mass is 16.3. The van der Waals surface area contributed by atoms with E-state index in [0.29, 0.717) is 18.7 Å². The molecular formula is C16H25N3O3. The Morgan fingerprint density at radius 1 is 1.05 bits per heavy atom. The van der Waals surface area contributed by atoms with E-state index in [0.717, 1.165) is 11.0 Å². The van der Waals surface area contributed by atoms with Gasteiger partial charge in [0.1, 0.15) is 0 Å². The van der Waals surface area contributed by atoms with Crippen LogP contribution in [0.1, 0.15) is 34.1 Å². The third-order valence-electron chi connectivity index (χ3n) is 3.54. The molecule has 0 amide bonds. The van der Waals surface area contributed by atoms with Gasteiger partial charge in [0.15, 0.2) is 0 Å². The first kappa shape index (κ1) is 16.6. The highest BCUT2D eigenvalue weighted by molar-refractivity contribution is 5.79. The van der Waals surface area contributed by atoms with Crippen LogP contribution >= 0.6 is 0 Å². The molecule has 1 heterocycles. The highest BCUT2D eigenvalue weighted by Gasteiger charge is 2.21. The third kappa shape index (κ3) is 3.69. The van der Waals surface area contributed by atoms with Crippen molar-refractivity contribution in [3.63, 3.8) is 0 Å². The first-order valence-electron chi connectivity index (χ1n) is 7.41. The SMILES string of the molecule is CC(C)(O)CCn1c(=O)n(CC(C)(C)O)c2ccc(N)cc21. The number of fused-ring (bicyclic) bond motifs is 1. The number of aliphatic hydroxyl groups is 2. The van der Waals surface area contributed by atoms with Crippen molar-refractivity contribution in [3.8, 4) is 0 Å². The van der Waals surface area contributed by atoms with Gasteiger partial charge in [-0.25, -0.2) is 4.79 Å². The number of imidazole rings is 1. The fraction of sp³-hybridized carbons (Fsp3) is 0.562. The Balaban J connectivity index is 2.57. The summed E-state index contributed by atoms with van der Waals surface area (Å²) in [5.41, 5.74) is 5.81.